The number of aryl methyl sites for hydroxylation is 1. The number of benzene rings is 1. The van der Waals surface area contributed by atoms with Gasteiger partial charge in [-0.2, -0.15) is 0 Å². The number of nitrogens with zero attached hydrogens (tertiary/aromatic N) is 2. The van der Waals surface area contributed by atoms with Crippen molar-refractivity contribution in [2.75, 3.05) is 39.3 Å². The van der Waals surface area contributed by atoms with Crippen LogP contribution in [0.5, 0.6) is 5.75 Å². The summed E-state index contributed by atoms with van der Waals surface area (Å²) in [5, 5.41) is 3.82. The molecule has 0 saturated carbocycles. The van der Waals surface area contributed by atoms with Crippen molar-refractivity contribution in [1.82, 2.24) is 15.1 Å². The van der Waals surface area contributed by atoms with Crippen molar-refractivity contribution in [3.05, 3.63) is 28.8 Å². The van der Waals surface area contributed by atoms with E-state index in [0.717, 1.165) is 48.8 Å². The Morgan fingerprint density at radius 2 is 2.22 bits per heavy atom. The maximum absolute atomic E-state index is 12.6. The van der Waals surface area contributed by atoms with Crippen LogP contribution < -0.4 is 10.1 Å². The number of hydrogen-bond acceptors (Lipinski definition) is 4. The fourth-order valence-electron chi connectivity index (χ4n) is 3.72. The molecular weight excluding hydrogens is 366 g/mol. The highest BCUT2D eigenvalue weighted by atomic mass is 35.5. The van der Waals surface area contributed by atoms with Gasteiger partial charge in [0.2, 0.25) is 11.8 Å². The Kier molecular flexibility index (Phi) is 6.96. The predicted octanol–water partition coefficient (Wildman–Crippen LogP) is 2.23. The average molecular weight is 394 g/mol. The normalized spacial score (nSPS) is 20.7. The molecular formula is C20H28ClN3O3. The van der Waals surface area contributed by atoms with Crippen LogP contribution in [-0.2, 0) is 9.59 Å². The Morgan fingerprint density at radius 3 is 3.00 bits per heavy atom. The summed E-state index contributed by atoms with van der Waals surface area (Å²) in [6.07, 6.45) is 3.08. The lowest BCUT2D eigenvalue weighted by atomic mass is 10.0. The van der Waals surface area contributed by atoms with Crippen molar-refractivity contribution in [1.29, 1.82) is 0 Å². The molecule has 2 aliphatic heterocycles. The molecule has 0 aromatic heterocycles. The molecule has 2 fully saturated rings. The minimum atomic E-state index is 0.146. The van der Waals surface area contributed by atoms with Gasteiger partial charge in [-0.3, -0.25) is 9.59 Å². The van der Waals surface area contributed by atoms with Crippen LogP contribution in [0.25, 0.3) is 0 Å². The number of piperidine rings is 1. The molecule has 27 heavy (non-hydrogen) atoms. The number of halogens is 1. The highest BCUT2D eigenvalue weighted by Crippen LogP contribution is 2.21. The van der Waals surface area contributed by atoms with E-state index in [-0.39, 0.29) is 17.9 Å². The second-order valence-electron chi connectivity index (χ2n) is 7.26. The van der Waals surface area contributed by atoms with Gasteiger partial charge >= 0.3 is 0 Å². The molecule has 2 amide bonds. The molecule has 1 aromatic carbocycles. The molecule has 1 N–H and O–H groups in total. The molecule has 0 spiro atoms. The lowest BCUT2D eigenvalue weighted by Gasteiger charge is -2.41. The van der Waals surface area contributed by atoms with Gasteiger partial charge < -0.3 is 19.9 Å². The summed E-state index contributed by atoms with van der Waals surface area (Å²) in [5.74, 6) is 1.07. The predicted molar refractivity (Wildman–Crippen MR) is 105 cm³/mol. The molecule has 2 aliphatic rings. The molecule has 2 heterocycles. The van der Waals surface area contributed by atoms with E-state index in [1.807, 2.05) is 34.9 Å². The zero-order valence-corrected chi connectivity index (χ0v) is 16.6. The number of amides is 2. The first-order valence-corrected chi connectivity index (χ1v) is 10.1. The first-order valence-electron chi connectivity index (χ1n) is 9.71. The fraction of sp³-hybridized carbons (Fsp3) is 0.600. The average Bonchev–Trinajstić information content (AvgIpc) is 2.68. The summed E-state index contributed by atoms with van der Waals surface area (Å²) in [6, 6.07) is 5.73. The number of carbonyl (C=O) groups is 2. The van der Waals surface area contributed by atoms with Crippen molar-refractivity contribution < 1.29 is 14.3 Å². The van der Waals surface area contributed by atoms with E-state index in [9.17, 15) is 9.59 Å². The van der Waals surface area contributed by atoms with Crippen LogP contribution in [0.2, 0.25) is 5.02 Å². The SMILES string of the molecule is Cc1cc(OCCCC(=O)N2CCCC(N3CCNCC3=O)C2)ccc1Cl. The van der Waals surface area contributed by atoms with Crippen LogP contribution in [0.4, 0.5) is 0 Å². The Labute approximate surface area is 165 Å². The van der Waals surface area contributed by atoms with Crippen LogP contribution >= 0.6 is 11.6 Å². The highest BCUT2D eigenvalue weighted by Gasteiger charge is 2.31. The third-order valence-electron chi connectivity index (χ3n) is 5.25. The van der Waals surface area contributed by atoms with Crippen molar-refractivity contribution >= 4 is 23.4 Å². The Balaban J connectivity index is 1.42. The minimum absolute atomic E-state index is 0.146. The summed E-state index contributed by atoms with van der Waals surface area (Å²) in [4.78, 5) is 28.5. The molecule has 1 aromatic rings. The first kappa shape index (κ1) is 20.0. The number of piperazine rings is 1. The van der Waals surface area contributed by atoms with Crippen molar-refractivity contribution in [2.45, 2.75) is 38.6 Å². The van der Waals surface area contributed by atoms with Crippen molar-refractivity contribution in [2.24, 2.45) is 0 Å². The first-order chi connectivity index (χ1) is 13.0. The largest absolute Gasteiger partial charge is 0.494 e. The number of nitrogens with one attached hydrogen (secondary N) is 1. The van der Waals surface area contributed by atoms with E-state index in [2.05, 4.69) is 5.32 Å². The highest BCUT2D eigenvalue weighted by molar-refractivity contribution is 6.31. The van der Waals surface area contributed by atoms with E-state index in [1.165, 1.54) is 0 Å². The molecule has 6 nitrogen and oxygen atoms in total. The molecule has 0 radical (unpaired) electrons. The summed E-state index contributed by atoms with van der Waals surface area (Å²) in [5.41, 5.74) is 0.979. The van der Waals surface area contributed by atoms with Gasteiger partial charge in [0.15, 0.2) is 0 Å². The molecule has 148 valence electrons. The van der Waals surface area contributed by atoms with Crippen LogP contribution in [0, 0.1) is 6.92 Å². The standard InChI is InChI=1S/C20H28ClN3O3/c1-15-12-17(6-7-18(15)21)27-11-3-5-19(25)23-9-2-4-16(14-23)24-10-8-22-13-20(24)26/h6-7,12,16,22H,2-5,8-11,13-14H2,1H3. The van der Waals surface area contributed by atoms with Gasteiger partial charge in [0, 0.05) is 43.7 Å². The number of ether oxygens (including phenoxy) is 1. The minimum Gasteiger partial charge on any atom is -0.494 e. The Morgan fingerprint density at radius 1 is 1.37 bits per heavy atom. The van der Waals surface area contributed by atoms with Gasteiger partial charge in [-0.1, -0.05) is 11.6 Å². The Hall–Kier alpha value is -1.79. The van der Waals surface area contributed by atoms with E-state index < -0.39 is 0 Å². The Bertz CT molecular complexity index is 682. The molecule has 1 unspecified atom stereocenters. The fourth-order valence-corrected chi connectivity index (χ4v) is 3.84. The summed E-state index contributed by atoms with van der Waals surface area (Å²) in [6.45, 7) is 5.85. The van der Waals surface area contributed by atoms with Crippen LogP contribution in [-0.4, -0.2) is 67.0 Å². The van der Waals surface area contributed by atoms with Gasteiger partial charge in [-0.25, -0.2) is 0 Å². The van der Waals surface area contributed by atoms with Crippen LogP contribution in [0.15, 0.2) is 18.2 Å². The van der Waals surface area contributed by atoms with Gasteiger partial charge in [-0.05, 0) is 49.9 Å². The number of hydrogen-bond donors (Lipinski definition) is 1. The molecule has 7 heteroatoms. The maximum Gasteiger partial charge on any atom is 0.236 e. The van der Waals surface area contributed by atoms with Gasteiger partial charge in [-0.15, -0.1) is 0 Å². The second-order valence-corrected chi connectivity index (χ2v) is 7.67. The summed E-state index contributed by atoms with van der Waals surface area (Å²) >= 11 is 6.01. The summed E-state index contributed by atoms with van der Waals surface area (Å²) in [7, 11) is 0. The van der Waals surface area contributed by atoms with Crippen molar-refractivity contribution in [3.8, 4) is 5.75 Å². The number of carbonyl (C=O) groups excluding carboxylic acids is 2. The topological polar surface area (TPSA) is 61.9 Å². The van der Waals surface area contributed by atoms with Crippen molar-refractivity contribution in [3.63, 3.8) is 0 Å². The van der Waals surface area contributed by atoms with E-state index >= 15 is 0 Å². The van der Waals surface area contributed by atoms with Crippen LogP contribution in [0.3, 0.4) is 0 Å². The lowest BCUT2D eigenvalue weighted by molar-refractivity contribution is -0.140. The monoisotopic (exact) mass is 393 g/mol. The lowest BCUT2D eigenvalue weighted by Crippen LogP contribution is -2.57. The molecule has 0 aliphatic carbocycles. The van der Waals surface area contributed by atoms with E-state index in [1.54, 1.807) is 0 Å². The zero-order valence-electron chi connectivity index (χ0n) is 15.9. The third kappa shape index (κ3) is 5.36. The van der Waals surface area contributed by atoms with E-state index in [0.29, 0.717) is 32.5 Å². The smallest absolute Gasteiger partial charge is 0.236 e. The third-order valence-corrected chi connectivity index (χ3v) is 5.67. The van der Waals surface area contributed by atoms with Crippen LogP contribution in [0.1, 0.15) is 31.2 Å². The van der Waals surface area contributed by atoms with Gasteiger partial charge in [0.1, 0.15) is 5.75 Å². The molecule has 1 atom stereocenters. The summed E-state index contributed by atoms with van der Waals surface area (Å²) < 4.78 is 5.72. The molecule has 3 rings (SSSR count). The molecule has 2 saturated heterocycles. The second kappa shape index (κ2) is 9.42. The quantitative estimate of drug-likeness (QED) is 0.753. The zero-order chi connectivity index (χ0) is 19.2. The maximum atomic E-state index is 12.6. The van der Waals surface area contributed by atoms with Gasteiger partial charge in [0.25, 0.3) is 0 Å². The number of rotatable bonds is 6. The van der Waals surface area contributed by atoms with Gasteiger partial charge in [0.05, 0.1) is 13.2 Å². The van der Waals surface area contributed by atoms with E-state index in [4.69, 9.17) is 16.3 Å². The molecule has 0 bridgehead atoms. The number of likely N-dealkylation sites (tertiary alicyclic amines) is 1.